The van der Waals surface area contributed by atoms with E-state index in [1.165, 1.54) is 17.5 Å². The highest BCUT2D eigenvalue weighted by Crippen LogP contribution is 2.18. The van der Waals surface area contributed by atoms with Crippen LogP contribution in [-0.2, 0) is 24.3 Å². The monoisotopic (exact) mass is 267 g/mol. The molecule has 2 heterocycles. The fourth-order valence-corrected chi connectivity index (χ4v) is 2.49. The zero-order valence-electron chi connectivity index (χ0n) is 11.3. The van der Waals surface area contributed by atoms with Gasteiger partial charge in [0.1, 0.15) is 6.61 Å². The third kappa shape index (κ3) is 2.73. The molecule has 0 amide bonds. The molecular weight excluding hydrogens is 250 g/mol. The van der Waals surface area contributed by atoms with Gasteiger partial charge in [0.2, 0.25) is 0 Å². The maximum absolute atomic E-state index is 10.8. The second-order valence-electron chi connectivity index (χ2n) is 4.93. The van der Waals surface area contributed by atoms with Crippen LogP contribution in [0.15, 0.2) is 48.5 Å². The van der Waals surface area contributed by atoms with E-state index in [1.54, 1.807) is 6.07 Å². The van der Waals surface area contributed by atoms with Crippen LogP contribution in [0, 0.1) is 0 Å². The van der Waals surface area contributed by atoms with E-state index in [0.29, 0.717) is 12.2 Å². The van der Waals surface area contributed by atoms with Crippen molar-refractivity contribution in [2.24, 2.45) is 0 Å². The van der Waals surface area contributed by atoms with Gasteiger partial charge in [-0.15, -0.1) is 0 Å². The molecule has 0 aromatic heterocycles. The van der Waals surface area contributed by atoms with Gasteiger partial charge in [0.25, 0.3) is 0 Å². The molecule has 3 heteroatoms. The summed E-state index contributed by atoms with van der Waals surface area (Å²) in [5, 5.41) is 3.34. The smallest absolute Gasteiger partial charge is 0.338 e. The van der Waals surface area contributed by atoms with E-state index in [1.807, 2.05) is 18.2 Å². The predicted molar refractivity (Wildman–Crippen MR) is 77.4 cm³/mol. The summed E-state index contributed by atoms with van der Waals surface area (Å²) in [6, 6.07) is 16.1. The molecule has 20 heavy (non-hydrogen) atoms. The quantitative estimate of drug-likeness (QED) is 0.746. The summed E-state index contributed by atoms with van der Waals surface area (Å²) in [6.45, 7) is 2.63. The first-order valence-electron chi connectivity index (χ1n) is 6.87. The van der Waals surface area contributed by atoms with Gasteiger partial charge in [-0.25, -0.2) is 4.79 Å². The average Bonchev–Trinajstić information content (AvgIpc) is 2.90. The van der Waals surface area contributed by atoms with Gasteiger partial charge in [-0.1, -0.05) is 42.5 Å². The predicted octanol–water partition coefficient (Wildman–Crippen LogP) is 2.69. The lowest BCUT2D eigenvalue weighted by atomic mass is 10.0. The van der Waals surface area contributed by atoms with E-state index >= 15 is 0 Å². The van der Waals surface area contributed by atoms with Crippen molar-refractivity contribution in [1.82, 2.24) is 5.32 Å². The molecule has 2 aliphatic rings. The molecule has 0 atom stereocenters. The first kappa shape index (κ1) is 12.9. The van der Waals surface area contributed by atoms with Gasteiger partial charge < -0.3 is 10.1 Å². The molecular formula is C17H17NO2. The zero-order valence-corrected chi connectivity index (χ0v) is 11.3. The van der Waals surface area contributed by atoms with Gasteiger partial charge in [0, 0.05) is 12.1 Å². The molecule has 0 radical (unpaired) electrons. The summed E-state index contributed by atoms with van der Waals surface area (Å²) in [6.07, 6.45) is 1.19. The topological polar surface area (TPSA) is 38.3 Å². The van der Waals surface area contributed by atoms with Gasteiger partial charge in [-0.3, -0.25) is 0 Å². The number of fused-ring (bicyclic) bond motifs is 2. The molecule has 2 aromatic carbocycles. The number of carbonyl (C=O) groups excluding carboxylic acids is 1. The molecule has 0 fully saturated rings. The summed E-state index contributed by atoms with van der Waals surface area (Å²) >= 11 is 0. The number of rotatable bonds is 0. The van der Waals surface area contributed by atoms with E-state index in [0.717, 1.165) is 18.7 Å². The van der Waals surface area contributed by atoms with Crippen LogP contribution in [-0.4, -0.2) is 12.5 Å². The highest BCUT2D eigenvalue weighted by atomic mass is 16.5. The second kappa shape index (κ2) is 5.88. The van der Waals surface area contributed by atoms with Crippen LogP contribution in [0.5, 0.6) is 0 Å². The molecule has 0 unspecified atom stereocenters. The Labute approximate surface area is 118 Å². The molecule has 2 aliphatic heterocycles. The van der Waals surface area contributed by atoms with Crippen molar-refractivity contribution in [1.29, 1.82) is 0 Å². The Balaban J connectivity index is 0.000000121. The maximum atomic E-state index is 10.8. The molecule has 0 spiro atoms. The van der Waals surface area contributed by atoms with E-state index in [4.69, 9.17) is 4.74 Å². The van der Waals surface area contributed by atoms with E-state index < -0.39 is 0 Å². The average molecular weight is 267 g/mol. The van der Waals surface area contributed by atoms with Crippen molar-refractivity contribution in [3.63, 3.8) is 0 Å². The Kier molecular flexibility index (Phi) is 3.79. The van der Waals surface area contributed by atoms with Gasteiger partial charge in [0.15, 0.2) is 0 Å². The van der Waals surface area contributed by atoms with Crippen molar-refractivity contribution >= 4 is 5.97 Å². The first-order chi connectivity index (χ1) is 9.84. The summed E-state index contributed by atoms with van der Waals surface area (Å²) < 4.78 is 4.78. The highest BCUT2D eigenvalue weighted by Gasteiger charge is 2.18. The molecule has 2 aromatic rings. The summed E-state index contributed by atoms with van der Waals surface area (Å²) in [5.74, 6) is -0.199. The number of benzene rings is 2. The normalized spacial score (nSPS) is 15.5. The Morgan fingerprint density at radius 1 is 0.900 bits per heavy atom. The third-order valence-corrected chi connectivity index (χ3v) is 3.60. The van der Waals surface area contributed by atoms with Crippen molar-refractivity contribution in [2.75, 3.05) is 6.54 Å². The molecule has 0 bridgehead atoms. The molecule has 4 rings (SSSR count). The fraction of sp³-hybridized carbons (Fsp3) is 0.235. The Morgan fingerprint density at radius 2 is 1.60 bits per heavy atom. The van der Waals surface area contributed by atoms with E-state index in [-0.39, 0.29) is 5.97 Å². The Morgan fingerprint density at radius 3 is 2.35 bits per heavy atom. The van der Waals surface area contributed by atoms with Crippen LogP contribution >= 0.6 is 0 Å². The van der Waals surface area contributed by atoms with Crippen LogP contribution in [0.2, 0.25) is 0 Å². The van der Waals surface area contributed by atoms with Crippen molar-refractivity contribution in [3.05, 3.63) is 70.8 Å². The largest absolute Gasteiger partial charge is 0.457 e. The fourth-order valence-electron chi connectivity index (χ4n) is 2.49. The minimum atomic E-state index is -0.199. The minimum absolute atomic E-state index is 0.199. The number of cyclic esters (lactones) is 1. The lowest BCUT2D eigenvalue weighted by molar-refractivity contribution is 0.0535. The zero-order chi connectivity index (χ0) is 13.8. The standard InChI is InChI=1S/C9H11N.C8H6O2/c1-2-4-9-7-10-6-5-8(9)3-1;9-8-7-4-2-1-3-6(7)5-10-8/h1-4,10H,5-7H2;1-4H,5H2. The summed E-state index contributed by atoms with van der Waals surface area (Å²) in [5.41, 5.74) is 4.69. The van der Waals surface area contributed by atoms with Gasteiger partial charge in [-0.05, 0) is 30.2 Å². The summed E-state index contributed by atoms with van der Waals surface area (Å²) in [4.78, 5) is 10.8. The number of carbonyl (C=O) groups is 1. The van der Waals surface area contributed by atoms with Crippen LogP contribution in [0.25, 0.3) is 0 Å². The SMILES string of the molecule is O=C1OCc2ccccc21.c1ccc2c(c1)CCNC2. The Bertz CT molecular complexity index is 597. The van der Waals surface area contributed by atoms with Crippen LogP contribution < -0.4 is 5.32 Å². The molecule has 1 N–H and O–H groups in total. The van der Waals surface area contributed by atoms with Gasteiger partial charge >= 0.3 is 5.97 Å². The second-order valence-corrected chi connectivity index (χ2v) is 4.93. The molecule has 3 nitrogen and oxygen atoms in total. The molecule has 102 valence electrons. The molecule has 0 saturated carbocycles. The van der Waals surface area contributed by atoms with Crippen molar-refractivity contribution in [2.45, 2.75) is 19.6 Å². The highest BCUT2D eigenvalue weighted by molar-refractivity contribution is 5.93. The summed E-state index contributed by atoms with van der Waals surface area (Å²) in [7, 11) is 0. The van der Waals surface area contributed by atoms with Crippen LogP contribution in [0.3, 0.4) is 0 Å². The third-order valence-electron chi connectivity index (χ3n) is 3.60. The number of hydrogen-bond donors (Lipinski definition) is 1. The number of nitrogens with one attached hydrogen (secondary N) is 1. The van der Waals surface area contributed by atoms with Gasteiger partial charge in [-0.2, -0.15) is 0 Å². The number of hydrogen-bond acceptors (Lipinski definition) is 3. The number of esters is 1. The van der Waals surface area contributed by atoms with E-state index in [9.17, 15) is 4.79 Å². The molecule has 0 saturated heterocycles. The van der Waals surface area contributed by atoms with Crippen LogP contribution in [0.1, 0.15) is 27.0 Å². The van der Waals surface area contributed by atoms with Crippen molar-refractivity contribution in [3.8, 4) is 0 Å². The first-order valence-corrected chi connectivity index (χ1v) is 6.87. The lowest BCUT2D eigenvalue weighted by Crippen LogP contribution is -2.23. The maximum Gasteiger partial charge on any atom is 0.338 e. The van der Waals surface area contributed by atoms with Gasteiger partial charge in [0.05, 0.1) is 5.56 Å². The molecule has 0 aliphatic carbocycles. The van der Waals surface area contributed by atoms with Crippen molar-refractivity contribution < 1.29 is 9.53 Å². The Hall–Kier alpha value is -2.13. The van der Waals surface area contributed by atoms with E-state index in [2.05, 4.69) is 29.6 Å². The lowest BCUT2D eigenvalue weighted by Gasteiger charge is -2.15. The minimum Gasteiger partial charge on any atom is -0.457 e. The number of ether oxygens (including phenoxy) is 1. The van der Waals surface area contributed by atoms with Crippen LogP contribution in [0.4, 0.5) is 0 Å².